The Bertz CT molecular complexity index is 793. The Balaban J connectivity index is 1.57. The summed E-state index contributed by atoms with van der Waals surface area (Å²) in [5, 5.41) is 2.35. The van der Waals surface area contributed by atoms with E-state index in [4.69, 9.17) is 9.47 Å². The summed E-state index contributed by atoms with van der Waals surface area (Å²) in [5.41, 5.74) is 0.349. The molecule has 1 aliphatic rings. The number of carbonyl (C=O) groups excluding carboxylic acids is 2. The number of hydrogen-bond donors (Lipinski definition) is 0. The maximum Gasteiger partial charge on any atom is 0.310 e. The molecule has 6 nitrogen and oxygen atoms in total. The van der Waals surface area contributed by atoms with Gasteiger partial charge in [-0.1, -0.05) is 0 Å². The number of ether oxygens (including phenoxy) is 2. The molecule has 27 heavy (non-hydrogen) atoms. The summed E-state index contributed by atoms with van der Waals surface area (Å²) in [5.74, 6) is -0.502. The van der Waals surface area contributed by atoms with E-state index in [9.17, 15) is 14.0 Å². The molecule has 3 rings (SSSR count). The normalized spacial score (nSPS) is 16.8. The fourth-order valence-corrected chi connectivity index (χ4v) is 3.61. The van der Waals surface area contributed by atoms with Crippen molar-refractivity contribution in [2.45, 2.75) is 26.4 Å². The van der Waals surface area contributed by atoms with E-state index in [2.05, 4.69) is 4.98 Å². The van der Waals surface area contributed by atoms with Gasteiger partial charge in [0.1, 0.15) is 28.9 Å². The summed E-state index contributed by atoms with van der Waals surface area (Å²) < 4.78 is 23.5. The summed E-state index contributed by atoms with van der Waals surface area (Å²) in [6.07, 6.45) is 1.50. The monoisotopic (exact) mass is 392 g/mol. The van der Waals surface area contributed by atoms with E-state index in [1.54, 1.807) is 17.2 Å². The topological polar surface area (TPSA) is 68.7 Å². The van der Waals surface area contributed by atoms with Gasteiger partial charge in [0.05, 0.1) is 12.5 Å². The SMILES string of the molecule is CCOC(=O)[C@H]1CCCN(C(=O)c2csc(COc3ccc(F)cc3)n2)C1. The maximum atomic E-state index is 12.9. The third-order valence-corrected chi connectivity index (χ3v) is 5.10. The van der Waals surface area contributed by atoms with E-state index < -0.39 is 0 Å². The quantitative estimate of drug-likeness (QED) is 0.706. The van der Waals surface area contributed by atoms with Gasteiger partial charge >= 0.3 is 5.97 Å². The van der Waals surface area contributed by atoms with Gasteiger partial charge < -0.3 is 14.4 Å². The zero-order valence-corrected chi connectivity index (χ0v) is 15.8. The van der Waals surface area contributed by atoms with Crippen molar-refractivity contribution in [3.05, 3.63) is 46.2 Å². The molecule has 8 heteroatoms. The molecule has 0 N–H and O–H groups in total. The molecule has 0 radical (unpaired) electrons. The number of carbonyl (C=O) groups is 2. The van der Waals surface area contributed by atoms with Crippen LogP contribution >= 0.6 is 11.3 Å². The van der Waals surface area contributed by atoms with Crippen LogP contribution in [-0.2, 0) is 16.1 Å². The summed E-state index contributed by atoms with van der Waals surface area (Å²) >= 11 is 1.33. The minimum atomic E-state index is -0.327. The third kappa shape index (κ3) is 5.03. The highest BCUT2D eigenvalue weighted by Crippen LogP contribution is 2.21. The van der Waals surface area contributed by atoms with Crippen LogP contribution in [0, 0.1) is 11.7 Å². The lowest BCUT2D eigenvalue weighted by atomic mass is 9.98. The fraction of sp³-hybridized carbons (Fsp3) is 0.421. The molecule has 2 heterocycles. The van der Waals surface area contributed by atoms with E-state index >= 15 is 0 Å². The molecule has 144 valence electrons. The number of amides is 1. The lowest BCUT2D eigenvalue weighted by molar-refractivity contribution is -0.149. The van der Waals surface area contributed by atoms with Crippen molar-refractivity contribution in [2.24, 2.45) is 5.92 Å². The summed E-state index contributed by atoms with van der Waals surface area (Å²) in [7, 11) is 0. The van der Waals surface area contributed by atoms with Crippen LogP contribution in [0.15, 0.2) is 29.6 Å². The first-order chi connectivity index (χ1) is 13.1. The molecule has 1 fully saturated rings. The Hall–Kier alpha value is -2.48. The van der Waals surface area contributed by atoms with Gasteiger partial charge in [0, 0.05) is 18.5 Å². The molecule has 0 aliphatic carbocycles. The van der Waals surface area contributed by atoms with Gasteiger partial charge in [-0.2, -0.15) is 0 Å². The molecule has 1 atom stereocenters. The Kier molecular flexibility index (Phi) is 6.39. The number of benzene rings is 1. The first kappa shape index (κ1) is 19.3. The zero-order valence-electron chi connectivity index (χ0n) is 15.0. The minimum absolute atomic E-state index is 0.187. The van der Waals surface area contributed by atoms with E-state index in [0.29, 0.717) is 36.1 Å². The van der Waals surface area contributed by atoms with Crippen LogP contribution in [0.1, 0.15) is 35.3 Å². The highest BCUT2D eigenvalue weighted by molar-refractivity contribution is 7.09. The van der Waals surface area contributed by atoms with Crippen LogP contribution in [-0.4, -0.2) is 41.5 Å². The average molecular weight is 392 g/mol. The van der Waals surface area contributed by atoms with E-state index in [-0.39, 0.29) is 30.2 Å². The molecule has 1 aromatic heterocycles. The highest BCUT2D eigenvalue weighted by atomic mass is 32.1. The second-order valence-electron chi connectivity index (χ2n) is 6.21. The number of rotatable bonds is 6. The van der Waals surface area contributed by atoms with Crippen LogP contribution in [0.25, 0.3) is 0 Å². The van der Waals surface area contributed by atoms with Crippen molar-refractivity contribution in [1.29, 1.82) is 0 Å². The molecular weight excluding hydrogens is 371 g/mol. The predicted octanol–water partition coefficient (Wildman–Crippen LogP) is 3.28. The van der Waals surface area contributed by atoms with Crippen LogP contribution in [0.4, 0.5) is 4.39 Å². The number of hydrogen-bond acceptors (Lipinski definition) is 6. The molecule has 0 saturated carbocycles. The van der Waals surface area contributed by atoms with E-state index in [1.807, 2.05) is 0 Å². The predicted molar refractivity (Wildman–Crippen MR) is 98.1 cm³/mol. The first-order valence-electron chi connectivity index (χ1n) is 8.85. The fourth-order valence-electron chi connectivity index (χ4n) is 2.93. The van der Waals surface area contributed by atoms with Gasteiger partial charge in [-0.3, -0.25) is 9.59 Å². The Labute approximate surface area is 160 Å². The van der Waals surface area contributed by atoms with Gasteiger partial charge in [-0.25, -0.2) is 9.37 Å². The molecule has 0 spiro atoms. The highest BCUT2D eigenvalue weighted by Gasteiger charge is 2.30. The number of likely N-dealkylation sites (tertiary alicyclic amines) is 1. The average Bonchev–Trinajstić information content (AvgIpc) is 3.16. The molecule has 0 bridgehead atoms. The molecule has 1 amide bonds. The van der Waals surface area contributed by atoms with Gasteiger partial charge in [-0.05, 0) is 44.0 Å². The second kappa shape index (κ2) is 8.94. The smallest absolute Gasteiger partial charge is 0.310 e. The van der Waals surface area contributed by atoms with Crippen molar-refractivity contribution in [1.82, 2.24) is 9.88 Å². The zero-order chi connectivity index (χ0) is 19.2. The number of aromatic nitrogens is 1. The molecule has 1 aliphatic heterocycles. The first-order valence-corrected chi connectivity index (χ1v) is 9.73. The summed E-state index contributed by atoms with van der Waals surface area (Å²) in [6.45, 7) is 3.28. The van der Waals surface area contributed by atoms with Crippen LogP contribution in [0.3, 0.4) is 0 Å². The largest absolute Gasteiger partial charge is 0.486 e. The number of nitrogens with zero attached hydrogens (tertiary/aromatic N) is 2. The Morgan fingerprint density at radius 3 is 2.85 bits per heavy atom. The Morgan fingerprint density at radius 2 is 2.11 bits per heavy atom. The second-order valence-corrected chi connectivity index (χ2v) is 7.15. The number of halogens is 1. The van der Waals surface area contributed by atoms with E-state index in [0.717, 1.165) is 12.8 Å². The molecule has 1 aromatic carbocycles. The van der Waals surface area contributed by atoms with Gasteiger partial charge in [0.15, 0.2) is 0 Å². The van der Waals surface area contributed by atoms with Crippen LogP contribution in [0.2, 0.25) is 0 Å². The molecular formula is C19H21FN2O4S. The maximum absolute atomic E-state index is 12.9. The lowest BCUT2D eigenvalue weighted by Crippen LogP contribution is -2.43. The Morgan fingerprint density at radius 1 is 1.33 bits per heavy atom. The van der Waals surface area contributed by atoms with Gasteiger partial charge in [0.25, 0.3) is 5.91 Å². The van der Waals surface area contributed by atoms with Crippen molar-refractivity contribution in [3.63, 3.8) is 0 Å². The van der Waals surface area contributed by atoms with Crippen molar-refractivity contribution in [2.75, 3.05) is 19.7 Å². The summed E-state index contributed by atoms with van der Waals surface area (Å²) in [6, 6.07) is 5.72. The standard InChI is InChI=1S/C19H21FN2O4S/c1-2-25-19(24)13-4-3-9-22(10-13)18(23)16-12-27-17(21-16)11-26-15-7-5-14(20)6-8-15/h5-8,12-13H,2-4,9-11H2,1H3/t13-/m0/s1. The number of piperidine rings is 1. The van der Waals surface area contributed by atoms with Gasteiger partial charge in [0.2, 0.25) is 0 Å². The lowest BCUT2D eigenvalue weighted by Gasteiger charge is -2.31. The number of thiazole rings is 1. The van der Waals surface area contributed by atoms with Crippen molar-refractivity contribution >= 4 is 23.2 Å². The van der Waals surface area contributed by atoms with Crippen molar-refractivity contribution < 1.29 is 23.5 Å². The van der Waals surface area contributed by atoms with E-state index in [1.165, 1.54) is 35.6 Å². The minimum Gasteiger partial charge on any atom is -0.486 e. The van der Waals surface area contributed by atoms with Crippen molar-refractivity contribution in [3.8, 4) is 5.75 Å². The van der Waals surface area contributed by atoms with Crippen LogP contribution < -0.4 is 4.74 Å². The summed E-state index contributed by atoms with van der Waals surface area (Å²) in [4.78, 5) is 30.6. The molecule has 2 aromatic rings. The number of esters is 1. The third-order valence-electron chi connectivity index (χ3n) is 4.28. The van der Waals surface area contributed by atoms with Gasteiger partial charge in [-0.15, -0.1) is 11.3 Å². The molecule has 1 saturated heterocycles. The van der Waals surface area contributed by atoms with Crippen LogP contribution in [0.5, 0.6) is 5.75 Å². The molecule has 0 unspecified atom stereocenters.